The molecule has 23 heavy (non-hydrogen) atoms. The molecule has 0 aliphatic heterocycles. The van der Waals surface area contributed by atoms with Crippen molar-refractivity contribution >= 4 is 22.9 Å². The highest BCUT2D eigenvalue weighted by atomic mass is 32.2. The number of hydrogen-bond donors (Lipinski definition) is 0. The molecule has 0 unspecified atom stereocenters. The SMILES string of the molecule is CCSc1cccnc1-c1nc2cc(C(C)(F)F)cnc2n1C. The number of fused-ring (bicyclic) bond motifs is 1. The van der Waals surface area contributed by atoms with Gasteiger partial charge in [-0.2, -0.15) is 0 Å². The van der Waals surface area contributed by atoms with Crippen LogP contribution >= 0.6 is 11.8 Å². The number of alkyl halides is 2. The molecule has 0 aromatic carbocycles. The van der Waals surface area contributed by atoms with Crippen molar-refractivity contribution < 1.29 is 8.78 Å². The van der Waals surface area contributed by atoms with Gasteiger partial charge in [-0.25, -0.2) is 18.7 Å². The van der Waals surface area contributed by atoms with Crippen LogP contribution in [0.2, 0.25) is 0 Å². The van der Waals surface area contributed by atoms with E-state index in [0.29, 0.717) is 17.0 Å². The molecule has 3 aromatic heterocycles. The summed E-state index contributed by atoms with van der Waals surface area (Å²) in [5, 5.41) is 0. The van der Waals surface area contributed by atoms with Gasteiger partial charge in [0.15, 0.2) is 11.5 Å². The van der Waals surface area contributed by atoms with Gasteiger partial charge in [0, 0.05) is 36.8 Å². The van der Waals surface area contributed by atoms with Crippen LogP contribution in [0.5, 0.6) is 0 Å². The van der Waals surface area contributed by atoms with Gasteiger partial charge in [-0.15, -0.1) is 11.8 Å². The lowest BCUT2D eigenvalue weighted by Crippen LogP contribution is -2.07. The Hall–Kier alpha value is -2.02. The number of thioether (sulfide) groups is 1. The van der Waals surface area contributed by atoms with E-state index in [1.165, 1.54) is 12.3 Å². The summed E-state index contributed by atoms with van der Waals surface area (Å²) in [6.07, 6.45) is 2.90. The zero-order valence-corrected chi connectivity index (χ0v) is 13.9. The van der Waals surface area contributed by atoms with Gasteiger partial charge in [0.25, 0.3) is 5.92 Å². The molecule has 120 valence electrons. The summed E-state index contributed by atoms with van der Waals surface area (Å²) in [6, 6.07) is 5.24. The molecule has 0 aliphatic carbocycles. The Morgan fingerprint density at radius 2 is 2.09 bits per heavy atom. The summed E-state index contributed by atoms with van der Waals surface area (Å²) < 4.78 is 28.8. The number of pyridine rings is 2. The van der Waals surface area contributed by atoms with E-state index in [1.54, 1.807) is 22.5 Å². The number of imidazole rings is 1. The molecular formula is C16H16F2N4S. The second-order valence-corrected chi connectivity index (χ2v) is 6.54. The van der Waals surface area contributed by atoms with Gasteiger partial charge in [0.05, 0.1) is 0 Å². The molecule has 0 fully saturated rings. The second-order valence-electron chi connectivity index (χ2n) is 5.23. The van der Waals surface area contributed by atoms with Gasteiger partial charge in [0.2, 0.25) is 0 Å². The normalized spacial score (nSPS) is 12.0. The highest BCUT2D eigenvalue weighted by Crippen LogP contribution is 2.32. The summed E-state index contributed by atoms with van der Waals surface area (Å²) >= 11 is 1.67. The fourth-order valence-electron chi connectivity index (χ4n) is 2.36. The van der Waals surface area contributed by atoms with Crippen LogP contribution < -0.4 is 0 Å². The van der Waals surface area contributed by atoms with Crippen LogP contribution in [0.1, 0.15) is 19.4 Å². The Morgan fingerprint density at radius 3 is 2.78 bits per heavy atom. The third-order valence-corrected chi connectivity index (χ3v) is 4.43. The third kappa shape index (κ3) is 2.93. The van der Waals surface area contributed by atoms with Crippen LogP contribution in [-0.4, -0.2) is 25.3 Å². The molecule has 0 N–H and O–H groups in total. The molecule has 3 aromatic rings. The van der Waals surface area contributed by atoms with Gasteiger partial charge in [-0.1, -0.05) is 6.92 Å². The van der Waals surface area contributed by atoms with E-state index in [4.69, 9.17) is 0 Å². The lowest BCUT2D eigenvalue weighted by molar-refractivity contribution is 0.0173. The molecule has 0 saturated carbocycles. The van der Waals surface area contributed by atoms with Gasteiger partial charge < -0.3 is 4.57 Å². The minimum atomic E-state index is -2.94. The first-order chi connectivity index (χ1) is 10.9. The fourth-order valence-corrected chi connectivity index (χ4v) is 3.12. The summed E-state index contributed by atoms with van der Waals surface area (Å²) in [5.74, 6) is -1.40. The van der Waals surface area contributed by atoms with Gasteiger partial charge >= 0.3 is 0 Å². The topological polar surface area (TPSA) is 43.6 Å². The van der Waals surface area contributed by atoms with Crippen LogP contribution in [0.4, 0.5) is 8.78 Å². The Kier molecular flexibility index (Phi) is 4.06. The number of hydrogen-bond acceptors (Lipinski definition) is 4. The zero-order valence-electron chi connectivity index (χ0n) is 13.0. The molecule has 0 aliphatic rings. The molecule has 0 atom stereocenters. The quantitative estimate of drug-likeness (QED) is 0.669. The van der Waals surface area contributed by atoms with E-state index < -0.39 is 5.92 Å². The predicted molar refractivity (Wildman–Crippen MR) is 87.7 cm³/mol. The Labute approximate surface area is 137 Å². The van der Waals surface area contributed by atoms with Crippen molar-refractivity contribution in [2.45, 2.75) is 24.7 Å². The average Bonchev–Trinajstić information content (AvgIpc) is 2.84. The predicted octanol–water partition coefficient (Wildman–Crippen LogP) is 4.25. The maximum absolute atomic E-state index is 13.5. The zero-order chi connectivity index (χ0) is 16.6. The highest BCUT2D eigenvalue weighted by Gasteiger charge is 2.26. The monoisotopic (exact) mass is 334 g/mol. The largest absolute Gasteiger partial charge is 0.310 e. The first-order valence-electron chi connectivity index (χ1n) is 7.20. The number of aromatic nitrogens is 4. The summed E-state index contributed by atoms with van der Waals surface area (Å²) in [7, 11) is 1.82. The molecule has 0 bridgehead atoms. The molecule has 4 nitrogen and oxygen atoms in total. The standard InChI is InChI=1S/C16H16F2N4S/c1-4-23-12-6-5-7-19-13(12)15-21-11-8-10(16(2,17)18)9-20-14(11)22(15)3/h5-9H,4H2,1-3H3. The maximum Gasteiger partial charge on any atom is 0.272 e. The van der Waals surface area contributed by atoms with E-state index >= 15 is 0 Å². The average molecular weight is 334 g/mol. The van der Waals surface area contributed by atoms with Crippen molar-refractivity contribution in [3.63, 3.8) is 0 Å². The molecule has 7 heteroatoms. The van der Waals surface area contributed by atoms with Crippen molar-refractivity contribution in [2.75, 3.05) is 5.75 Å². The molecule has 0 saturated heterocycles. The Morgan fingerprint density at radius 1 is 1.30 bits per heavy atom. The molecule has 0 amide bonds. The summed E-state index contributed by atoms with van der Waals surface area (Å²) in [6.45, 7) is 2.92. The summed E-state index contributed by atoms with van der Waals surface area (Å²) in [4.78, 5) is 14.1. The van der Waals surface area contributed by atoms with E-state index in [9.17, 15) is 8.78 Å². The minimum absolute atomic E-state index is 0.140. The first kappa shape index (κ1) is 15.9. The van der Waals surface area contributed by atoms with Crippen LogP contribution in [0.15, 0.2) is 35.5 Å². The third-order valence-electron chi connectivity index (χ3n) is 3.50. The number of halogens is 2. The molecule has 0 spiro atoms. The van der Waals surface area contributed by atoms with Crippen LogP contribution in [0.3, 0.4) is 0 Å². The highest BCUT2D eigenvalue weighted by molar-refractivity contribution is 7.99. The molecule has 3 heterocycles. The van der Waals surface area contributed by atoms with Crippen molar-refractivity contribution in [1.29, 1.82) is 0 Å². The van der Waals surface area contributed by atoms with Crippen molar-refractivity contribution in [2.24, 2.45) is 7.05 Å². The van der Waals surface area contributed by atoms with Crippen molar-refractivity contribution in [3.8, 4) is 11.5 Å². The smallest absolute Gasteiger partial charge is 0.272 e. The molecular weight excluding hydrogens is 318 g/mol. The fraction of sp³-hybridized carbons (Fsp3) is 0.312. The second kappa shape index (κ2) is 5.88. The first-order valence-corrected chi connectivity index (χ1v) is 8.19. The molecule has 0 radical (unpaired) electrons. The minimum Gasteiger partial charge on any atom is -0.310 e. The molecule has 3 rings (SSSR count). The van der Waals surface area contributed by atoms with E-state index in [2.05, 4.69) is 21.9 Å². The van der Waals surface area contributed by atoms with Crippen molar-refractivity contribution in [1.82, 2.24) is 19.5 Å². The lowest BCUT2D eigenvalue weighted by Gasteiger charge is -2.09. The summed E-state index contributed by atoms with van der Waals surface area (Å²) in [5.41, 5.74) is 1.61. The van der Waals surface area contributed by atoms with E-state index in [0.717, 1.165) is 23.3 Å². The van der Waals surface area contributed by atoms with Crippen molar-refractivity contribution in [3.05, 3.63) is 36.2 Å². The maximum atomic E-state index is 13.5. The van der Waals surface area contributed by atoms with Crippen LogP contribution in [-0.2, 0) is 13.0 Å². The van der Waals surface area contributed by atoms with E-state index in [1.807, 2.05) is 19.2 Å². The lowest BCUT2D eigenvalue weighted by atomic mass is 10.2. The Balaban J connectivity index is 2.18. The number of aryl methyl sites for hydroxylation is 1. The van der Waals surface area contributed by atoms with Gasteiger partial charge in [-0.05, 0) is 24.0 Å². The van der Waals surface area contributed by atoms with Crippen LogP contribution in [0.25, 0.3) is 22.7 Å². The Bertz CT molecular complexity index is 855. The number of nitrogens with zero attached hydrogens (tertiary/aromatic N) is 4. The van der Waals surface area contributed by atoms with Gasteiger partial charge in [-0.3, -0.25) is 4.98 Å². The van der Waals surface area contributed by atoms with Crippen LogP contribution in [0, 0.1) is 0 Å². The van der Waals surface area contributed by atoms with Gasteiger partial charge in [0.1, 0.15) is 11.2 Å². The number of rotatable bonds is 4. The van der Waals surface area contributed by atoms with E-state index in [-0.39, 0.29) is 5.56 Å².